The second-order valence-electron chi connectivity index (χ2n) is 3.42. The highest BCUT2D eigenvalue weighted by atomic mass is 19.1. The van der Waals surface area contributed by atoms with E-state index in [0.717, 1.165) is 6.42 Å². The quantitative estimate of drug-likeness (QED) is 0.636. The minimum atomic E-state index is -1.77. The van der Waals surface area contributed by atoms with Gasteiger partial charge in [0, 0.05) is 5.57 Å². The summed E-state index contributed by atoms with van der Waals surface area (Å²) in [5, 5.41) is 0. The van der Waals surface area contributed by atoms with Crippen LogP contribution in [0.5, 0.6) is 0 Å². The SMILES string of the molecule is CC(C)(F)C(=O)C1=COCCC1. The molecule has 0 bridgehead atoms. The molecule has 1 rings (SSSR count). The van der Waals surface area contributed by atoms with Crippen LogP contribution in [0.4, 0.5) is 4.39 Å². The first-order valence-electron chi connectivity index (χ1n) is 4.06. The average Bonchev–Trinajstić information content (AvgIpc) is 2.03. The molecule has 0 atom stereocenters. The number of alkyl halides is 1. The van der Waals surface area contributed by atoms with Gasteiger partial charge in [-0.25, -0.2) is 4.39 Å². The van der Waals surface area contributed by atoms with E-state index in [1.54, 1.807) is 0 Å². The number of carbonyl (C=O) groups is 1. The molecule has 0 amide bonds. The lowest BCUT2D eigenvalue weighted by atomic mass is 9.95. The summed E-state index contributed by atoms with van der Waals surface area (Å²) in [5.41, 5.74) is -1.30. The molecular formula is C9H13FO2. The lowest BCUT2D eigenvalue weighted by Crippen LogP contribution is -2.28. The molecule has 1 aliphatic rings. The Morgan fingerprint density at radius 3 is 2.75 bits per heavy atom. The van der Waals surface area contributed by atoms with Gasteiger partial charge in [-0.15, -0.1) is 0 Å². The second kappa shape index (κ2) is 3.25. The van der Waals surface area contributed by atoms with E-state index in [0.29, 0.717) is 18.6 Å². The number of allylic oxidation sites excluding steroid dienone is 1. The van der Waals surface area contributed by atoms with Crippen LogP contribution in [0.2, 0.25) is 0 Å². The maximum atomic E-state index is 13.1. The van der Waals surface area contributed by atoms with Crippen molar-refractivity contribution in [2.75, 3.05) is 6.61 Å². The third-order valence-electron chi connectivity index (χ3n) is 1.77. The molecule has 0 spiro atoms. The Morgan fingerprint density at radius 1 is 1.67 bits per heavy atom. The van der Waals surface area contributed by atoms with Crippen LogP contribution in [0.1, 0.15) is 26.7 Å². The maximum Gasteiger partial charge on any atom is 0.198 e. The molecular weight excluding hydrogens is 159 g/mol. The number of hydrogen-bond acceptors (Lipinski definition) is 2. The number of carbonyl (C=O) groups excluding carboxylic acids is 1. The highest BCUT2D eigenvalue weighted by molar-refractivity contribution is 6.01. The van der Waals surface area contributed by atoms with E-state index in [1.165, 1.54) is 20.1 Å². The first-order chi connectivity index (χ1) is 5.52. The van der Waals surface area contributed by atoms with Crippen molar-refractivity contribution in [3.63, 3.8) is 0 Å². The first-order valence-corrected chi connectivity index (χ1v) is 4.06. The molecule has 2 nitrogen and oxygen atoms in total. The molecule has 0 saturated heterocycles. The summed E-state index contributed by atoms with van der Waals surface area (Å²) in [7, 11) is 0. The van der Waals surface area contributed by atoms with Crippen molar-refractivity contribution in [2.45, 2.75) is 32.4 Å². The molecule has 1 heterocycles. The van der Waals surface area contributed by atoms with Gasteiger partial charge in [-0.05, 0) is 26.7 Å². The van der Waals surface area contributed by atoms with Crippen molar-refractivity contribution in [3.8, 4) is 0 Å². The molecule has 0 N–H and O–H groups in total. The Morgan fingerprint density at radius 2 is 2.33 bits per heavy atom. The summed E-state index contributed by atoms with van der Waals surface area (Å²) in [5.74, 6) is -0.456. The first kappa shape index (κ1) is 9.23. The Kier molecular flexibility index (Phi) is 2.50. The summed E-state index contributed by atoms with van der Waals surface area (Å²) >= 11 is 0. The maximum absolute atomic E-state index is 13.1. The van der Waals surface area contributed by atoms with Crippen molar-refractivity contribution in [3.05, 3.63) is 11.8 Å². The molecule has 0 unspecified atom stereocenters. The van der Waals surface area contributed by atoms with Gasteiger partial charge in [0.25, 0.3) is 0 Å². The number of hydrogen-bond donors (Lipinski definition) is 0. The van der Waals surface area contributed by atoms with Crippen molar-refractivity contribution >= 4 is 5.78 Å². The van der Waals surface area contributed by atoms with Crippen LogP contribution in [0.15, 0.2) is 11.8 Å². The van der Waals surface area contributed by atoms with Crippen LogP contribution < -0.4 is 0 Å². The van der Waals surface area contributed by atoms with E-state index in [9.17, 15) is 9.18 Å². The van der Waals surface area contributed by atoms with Gasteiger partial charge in [-0.2, -0.15) is 0 Å². The fourth-order valence-corrected chi connectivity index (χ4v) is 1.11. The van der Waals surface area contributed by atoms with E-state index >= 15 is 0 Å². The molecule has 1 aliphatic heterocycles. The van der Waals surface area contributed by atoms with Crippen LogP contribution in [0.25, 0.3) is 0 Å². The predicted octanol–water partition coefficient (Wildman–Crippen LogP) is 2.00. The second-order valence-corrected chi connectivity index (χ2v) is 3.42. The largest absolute Gasteiger partial charge is 0.501 e. The zero-order valence-electron chi connectivity index (χ0n) is 7.39. The third kappa shape index (κ3) is 2.06. The number of rotatable bonds is 2. The Labute approximate surface area is 71.4 Å². The molecule has 0 saturated carbocycles. The minimum absolute atomic E-state index is 0.456. The molecule has 0 radical (unpaired) electrons. The van der Waals surface area contributed by atoms with Crippen molar-refractivity contribution in [1.82, 2.24) is 0 Å². The molecule has 0 aromatic heterocycles. The van der Waals surface area contributed by atoms with E-state index in [4.69, 9.17) is 4.74 Å². The zero-order valence-corrected chi connectivity index (χ0v) is 7.39. The van der Waals surface area contributed by atoms with Gasteiger partial charge in [0.15, 0.2) is 11.5 Å². The summed E-state index contributed by atoms with van der Waals surface area (Å²) in [6.07, 6.45) is 2.81. The molecule has 3 heteroatoms. The highest BCUT2D eigenvalue weighted by Crippen LogP contribution is 2.21. The lowest BCUT2D eigenvalue weighted by Gasteiger charge is -2.18. The van der Waals surface area contributed by atoms with E-state index in [1.807, 2.05) is 0 Å². The summed E-state index contributed by atoms with van der Waals surface area (Å²) in [6, 6.07) is 0. The third-order valence-corrected chi connectivity index (χ3v) is 1.77. The summed E-state index contributed by atoms with van der Waals surface area (Å²) < 4.78 is 18.1. The smallest absolute Gasteiger partial charge is 0.198 e. The van der Waals surface area contributed by atoms with Gasteiger partial charge >= 0.3 is 0 Å². The summed E-state index contributed by atoms with van der Waals surface area (Å²) in [6.45, 7) is 3.17. The molecule has 68 valence electrons. The van der Waals surface area contributed by atoms with Crippen LogP contribution in [-0.4, -0.2) is 18.1 Å². The van der Waals surface area contributed by atoms with Gasteiger partial charge in [-0.1, -0.05) is 0 Å². The van der Waals surface area contributed by atoms with Gasteiger partial charge in [0.05, 0.1) is 12.9 Å². The van der Waals surface area contributed by atoms with E-state index < -0.39 is 11.5 Å². The standard InChI is InChI=1S/C9H13FO2/c1-9(2,10)8(11)7-4-3-5-12-6-7/h6H,3-5H2,1-2H3. The lowest BCUT2D eigenvalue weighted by molar-refractivity contribution is -0.125. The predicted molar refractivity (Wildman–Crippen MR) is 43.5 cm³/mol. The number of ether oxygens (including phenoxy) is 1. The number of ketones is 1. The average molecular weight is 172 g/mol. The van der Waals surface area contributed by atoms with E-state index in [2.05, 4.69) is 0 Å². The number of Topliss-reactive ketones (excluding diaryl/α,β-unsaturated/α-hetero) is 1. The van der Waals surface area contributed by atoms with Crippen LogP contribution in [0, 0.1) is 0 Å². The molecule has 0 fully saturated rings. The highest BCUT2D eigenvalue weighted by Gasteiger charge is 2.30. The Balaban J connectivity index is 2.70. The molecule has 0 aliphatic carbocycles. The normalized spacial score (nSPS) is 18.1. The fraction of sp³-hybridized carbons (Fsp3) is 0.667. The monoisotopic (exact) mass is 172 g/mol. The van der Waals surface area contributed by atoms with E-state index in [-0.39, 0.29) is 0 Å². The zero-order chi connectivity index (χ0) is 9.19. The van der Waals surface area contributed by atoms with Gasteiger partial charge < -0.3 is 4.74 Å². The Bertz CT molecular complexity index is 213. The molecule has 12 heavy (non-hydrogen) atoms. The van der Waals surface area contributed by atoms with Gasteiger partial charge in [-0.3, -0.25) is 4.79 Å². The van der Waals surface area contributed by atoms with Crippen LogP contribution in [-0.2, 0) is 9.53 Å². The number of halogens is 1. The summed E-state index contributed by atoms with van der Waals surface area (Å²) in [4.78, 5) is 11.3. The van der Waals surface area contributed by atoms with Crippen molar-refractivity contribution in [1.29, 1.82) is 0 Å². The van der Waals surface area contributed by atoms with Gasteiger partial charge in [0.2, 0.25) is 0 Å². The topological polar surface area (TPSA) is 26.3 Å². The van der Waals surface area contributed by atoms with Gasteiger partial charge in [0.1, 0.15) is 0 Å². The van der Waals surface area contributed by atoms with Crippen molar-refractivity contribution in [2.24, 2.45) is 0 Å². The molecule has 0 aromatic carbocycles. The minimum Gasteiger partial charge on any atom is -0.501 e. The molecule has 0 aromatic rings. The van der Waals surface area contributed by atoms with Crippen LogP contribution in [0.3, 0.4) is 0 Å². The van der Waals surface area contributed by atoms with Crippen LogP contribution >= 0.6 is 0 Å². The fourth-order valence-electron chi connectivity index (χ4n) is 1.11. The Hall–Kier alpha value is -0.860. The van der Waals surface area contributed by atoms with Crippen molar-refractivity contribution < 1.29 is 13.9 Å².